The van der Waals surface area contributed by atoms with E-state index in [9.17, 15) is 14.0 Å². The maximum atomic E-state index is 13.1. The molecule has 20 heavy (non-hydrogen) atoms. The van der Waals surface area contributed by atoms with Crippen molar-refractivity contribution < 1.29 is 19.1 Å². The van der Waals surface area contributed by atoms with Gasteiger partial charge in [0.2, 0.25) is 0 Å². The van der Waals surface area contributed by atoms with Crippen molar-refractivity contribution in [2.75, 3.05) is 5.32 Å². The van der Waals surface area contributed by atoms with Gasteiger partial charge < -0.3 is 15.7 Å². The smallest absolute Gasteiger partial charge is 0.326 e. The molecule has 1 aromatic rings. The predicted molar refractivity (Wildman–Crippen MR) is 74.4 cm³/mol. The highest BCUT2D eigenvalue weighted by molar-refractivity contribution is 6.30. The Hall–Kier alpha value is -1.82. The summed E-state index contributed by atoms with van der Waals surface area (Å²) in [6, 6.07) is 1.82. The van der Waals surface area contributed by atoms with E-state index in [1.165, 1.54) is 6.07 Å². The second-order valence-electron chi connectivity index (χ2n) is 4.46. The summed E-state index contributed by atoms with van der Waals surface area (Å²) < 4.78 is 13.1. The molecule has 1 rings (SSSR count). The molecule has 0 bridgehead atoms. The lowest BCUT2D eigenvalue weighted by Gasteiger charge is -2.20. The Bertz CT molecular complexity index is 490. The summed E-state index contributed by atoms with van der Waals surface area (Å²) in [4.78, 5) is 22.8. The van der Waals surface area contributed by atoms with Gasteiger partial charge in [0, 0.05) is 10.7 Å². The third-order valence-corrected chi connectivity index (χ3v) is 3.10. The van der Waals surface area contributed by atoms with Crippen molar-refractivity contribution in [2.24, 2.45) is 5.92 Å². The average Bonchev–Trinajstić information content (AvgIpc) is 2.33. The standard InChI is InChI=1S/C13H16ClFN2O3/c1-3-7(2)11(12(18)19)17-13(20)16-10-5-8(14)4-9(15)6-10/h4-7,11H,3H2,1-2H3,(H,18,19)(H2,16,17,20)/t7-,11-/m0/s1. The number of halogens is 2. The van der Waals surface area contributed by atoms with Gasteiger partial charge in [-0.1, -0.05) is 31.9 Å². The highest BCUT2D eigenvalue weighted by Crippen LogP contribution is 2.18. The average molecular weight is 303 g/mol. The van der Waals surface area contributed by atoms with Crippen molar-refractivity contribution in [1.82, 2.24) is 5.32 Å². The van der Waals surface area contributed by atoms with Crippen LogP contribution in [0, 0.1) is 11.7 Å². The lowest BCUT2D eigenvalue weighted by molar-refractivity contribution is -0.140. The molecule has 0 aliphatic carbocycles. The summed E-state index contributed by atoms with van der Waals surface area (Å²) in [7, 11) is 0. The minimum atomic E-state index is -1.12. The molecule has 5 nitrogen and oxygen atoms in total. The number of carboxylic acids is 1. The van der Waals surface area contributed by atoms with Crippen LogP contribution in [0.1, 0.15) is 20.3 Å². The van der Waals surface area contributed by atoms with Crippen LogP contribution in [0.2, 0.25) is 5.02 Å². The maximum absolute atomic E-state index is 13.1. The summed E-state index contributed by atoms with van der Waals surface area (Å²) in [5, 5.41) is 13.9. The molecule has 2 atom stereocenters. The van der Waals surface area contributed by atoms with Gasteiger partial charge in [0.25, 0.3) is 0 Å². The molecule has 2 amide bonds. The van der Waals surface area contributed by atoms with Crippen LogP contribution in [0.5, 0.6) is 0 Å². The Morgan fingerprint density at radius 3 is 2.55 bits per heavy atom. The quantitative estimate of drug-likeness (QED) is 0.782. The van der Waals surface area contributed by atoms with Crippen molar-refractivity contribution in [3.63, 3.8) is 0 Å². The largest absolute Gasteiger partial charge is 0.480 e. The number of rotatable bonds is 5. The Labute approximate surface area is 121 Å². The summed E-state index contributed by atoms with van der Waals surface area (Å²) in [5.41, 5.74) is 0.154. The fourth-order valence-electron chi connectivity index (χ4n) is 1.62. The first-order valence-corrected chi connectivity index (χ1v) is 6.47. The molecule has 0 saturated heterocycles. The lowest BCUT2D eigenvalue weighted by atomic mass is 9.99. The normalized spacial score (nSPS) is 13.4. The number of carbonyl (C=O) groups is 2. The molecule has 7 heteroatoms. The van der Waals surface area contributed by atoms with Gasteiger partial charge in [-0.05, 0) is 24.1 Å². The molecular weight excluding hydrogens is 287 g/mol. The summed E-state index contributed by atoms with van der Waals surface area (Å²) in [6.45, 7) is 3.55. The number of hydrogen-bond acceptors (Lipinski definition) is 2. The minimum absolute atomic E-state index is 0.136. The molecule has 110 valence electrons. The second-order valence-corrected chi connectivity index (χ2v) is 4.89. The first kappa shape index (κ1) is 16.2. The van der Waals surface area contributed by atoms with Crippen LogP contribution in [-0.4, -0.2) is 23.1 Å². The van der Waals surface area contributed by atoms with Gasteiger partial charge in [-0.25, -0.2) is 14.0 Å². The fourth-order valence-corrected chi connectivity index (χ4v) is 1.84. The second kappa shape index (κ2) is 7.09. The van der Waals surface area contributed by atoms with Crippen molar-refractivity contribution in [3.05, 3.63) is 29.0 Å². The number of anilines is 1. The van der Waals surface area contributed by atoms with Crippen LogP contribution in [0.4, 0.5) is 14.9 Å². The van der Waals surface area contributed by atoms with Crippen LogP contribution in [0.3, 0.4) is 0 Å². The summed E-state index contributed by atoms with van der Waals surface area (Å²) in [5.74, 6) is -1.94. The molecule has 0 radical (unpaired) electrons. The number of urea groups is 1. The fraction of sp³-hybridized carbons (Fsp3) is 0.385. The molecule has 3 N–H and O–H groups in total. The zero-order valence-electron chi connectivity index (χ0n) is 11.1. The monoisotopic (exact) mass is 302 g/mol. The van der Waals surface area contributed by atoms with E-state index in [4.69, 9.17) is 16.7 Å². The van der Waals surface area contributed by atoms with E-state index >= 15 is 0 Å². The van der Waals surface area contributed by atoms with E-state index in [2.05, 4.69) is 10.6 Å². The van der Waals surface area contributed by atoms with Crippen molar-refractivity contribution >= 4 is 29.3 Å². The molecule has 0 unspecified atom stereocenters. The molecule has 0 aliphatic rings. The number of benzene rings is 1. The van der Waals surface area contributed by atoms with E-state index < -0.39 is 23.9 Å². The first-order valence-electron chi connectivity index (χ1n) is 6.10. The topological polar surface area (TPSA) is 78.4 Å². The van der Waals surface area contributed by atoms with E-state index in [0.29, 0.717) is 6.42 Å². The Balaban J connectivity index is 2.73. The Kier molecular flexibility index (Phi) is 5.76. The number of carboxylic acid groups (broad SMARTS) is 1. The zero-order valence-corrected chi connectivity index (χ0v) is 11.9. The van der Waals surface area contributed by atoms with Crippen LogP contribution in [0.25, 0.3) is 0 Å². The SMILES string of the molecule is CC[C@H](C)[C@H](NC(=O)Nc1cc(F)cc(Cl)c1)C(=O)O. The minimum Gasteiger partial charge on any atom is -0.480 e. The molecule has 1 aromatic carbocycles. The van der Waals surface area contributed by atoms with Gasteiger partial charge in [-0.3, -0.25) is 0 Å². The molecular formula is C13H16ClFN2O3. The molecule has 0 spiro atoms. The molecule has 0 saturated carbocycles. The van der Waals surface area contributed by atoms with Crippen LogP contribution in [-0.2, 0) is 4.79 Å². The van der Waals surface area contributed by atoms with E-state index in [-0.39, 0.29) is 16.6 Å². The van der Waals surface area contributed by atoms with E-state index in [0.717, 1.165) is 12.1 Å². The van der Waals surface area contributed by atoms with Crippen molar-refractivity contribution in [2.45, 2.75) is 26.3 Å². The van der Waals surface area contributed by atoms with Gasteiger partial charge >= 0.3 is 12.0 Å². The van der Waals surface area contributed by atoms with Crippen LogP contribution in [0.15, 0.2) is 18.2 Å². The molecule has 0 fully saturated rings. The molecule has 0 aromatic heterocycles. The number of amides is 2. The van der Waals surface area contributed by atoms with Gasteiger partial charge in [-0.15, -0.1) is 0 Å². The number of aliphatic carboxylic acids is 1. The van der Waals surface area contributed by atoms with Crippen LogP contribution < -0.4 is 10.6 Å². The van der Waals surface area contributed by atoms with Crippen molar-refractivity contribution in [3.8, 4) is 0 Å². The van der Waals surface area contributed by atoms with Gasteiger partial charge in [-0.2, -0.15) is 0 Å². The number of hydrogen-bond donors (Lipinski definition) is 3. The first-order chi connectivity index (χ1) is 9.33. The van der Waals surface area contributed by atoms with Crippen molar-refractivity contribution in [1.29, 1.82) is 0 Å². The van der Waals surface area contributed by atoms with Crippen LogP contribution >= 0.6 is 11.6 Å². The van der Waals surface area contributed by atoms with Gasteiger partial charge in [0.15, 0.2) is 0 Å². The maximum Gasteiger partial charge on any atom is 0.326 e. The predicted octanol–water partition coefficient (Wildman–Crippen LogP) is 3.10. The van der Waals surface area contributed by atoms with Gasteiger partial charge in [0.1, 0.15) is 11.9 Å². The number of nitrogens with one attached hydrogen (secondary N) is 2. The molecule has 0 heterocycles. The highest BCUT2D eigenvalue weighted by atomic mass is 35.5. The Morgan fingerprint density at radius 1 is 1.40 bits per heavy atom. The third-order valence-electron chi connectivity index (χ3n) is 2.89. The van der Waals surface area contributed by atoms with Gasteiger partial charge in [0.05, 0.1) is 0 Å². The zero-order chi connectivity index (χ0) is 15.3. The number of carbonyl (C=O) groups excluding carboxylic acids is 1. The Morgan fingerprint density at radius 2 is 2.05 bits per heavy atom. The van der Waals surface area contributed by atoms with E-state index in [1.54, 1.807) is 6.92 Å². The summed E-state index contributed by atoms with van der Waals surface area (Å²) in [6.07, 6.45) is 0.600. The summed E-state index contributed by atoms with van der Waals surface area (Å²) >= 11 is 5.66. The van der Waals surface area contributed by atoms with E-state index in [1.807, 2.05) is 6.92 Å². The third kappa shape index (κ3) is 4.70. The highest BCUT2D eigenvalue weighted by Gasteiger charge is 2.25. The molecule has 0 aliphatic heterocycles. The lowest BCUT2D eigenvalue weighted by Crippen LogP contribution is -2.46.